The summed E-state index contributed by atoms with van der Waals surface area (Å²) in [6.45, 7) is 1.23. The second-order valence-electron chi connectivity index (χ2n) is 4.11. The van der Waals surface area contributed by atoms with Gasteiger partial charge < -0.3 is 15.8 Å². The van der Waals surface area contributed by atoms with Crippen LogP contribution in [0.4, 0.5) is 5.69 Å². The average Bonchev–Trinajstić information content (AvgIpc) is 2.87. The Morgan fingerprint density at radius 2 is 2.21 bits per heavy atom. The Kier molecular flexibility index (Phi) is 4.54. The molecular formula is C14H16N2O2S. The number of nitrogens with one attached hydrogen (secondary N) is 1. The monoisotopic (exact) mass is 276 g/mol. The maximum atomic E-state index is 11.0. The second-order valence-corrected chi connectivity index (χ2v) is 5.11. The fraction of sp³-hybridized carbons (Fsp3) is 0.214. The molecule has 0 aliphatic heterocycles. The molecule has 100 valence electrons. The van der Waals surface area contributed by atoms with Gasteiger partial charge in [0.15, 0.2) is 0 Å². The maximum Gasteiger partial charge on any atom is 0.249 e. The van der Waals surface area contributed by atoms with Crippen molar-refractivity contribution in [1.82, 2.24) is 0 Å². The number of amides is 1. The minimum atomic E-state index is -0.387. The number of primary amides is 1. The number of hydrogen-bond donors (Lipinski definition) is 2. The van der Waals surface area contributed by atoms with Crippen LogP contribution in [0, 0.1) is 0 Å². The van der Waals surface area contributed by atoms with E-state index in [0.717, 1.165) is 16.1 Å². The summed E-state index contributed by atoms with van der Waals surface area (Å²) in [6, 6.07) is 9.81. The molecule has 2 rings (SSSR count). The minimum Gasteiger partial charge on any atom is -0.380 e. The third-order valence-electron chi connectivity index (χ3n) is 2.71. The number of anilines is 1. The Balaban J connectivity index is 2.03. The summed E-state index contributed by atoms with van der Waals surface area (Å²) < 4.78 is 5.16. The van der Waals surface area contributed by atoms with Crippen LogP contribution in [-0.4, -0.2) is 13.0 Å². The highest BCUT2D eigenvalue weighted by Gasteiger charge is 2.05. The van der Waals surface area contributed by atoms with Gasteiger partial charge in [0.05, 0.1) is 12.2 Å². The molecule has 4 nitrogen and oxygen atoms in total. The second kappa shape index (κ2) is 6.36. The predicted octanol–water partition coefficient (Wildman–Crippen LogP) is 2.61. The highest BCUT2D eigenvalue weighted by atomic mass is 32.1. The Morgan fingerprint density at radius 1 is 1.42 bits per heavy atom. The SMILES string of the molecule is COCc1ccccc1NCc1cc(C(N)=O)cs1. The number of ether oxygens (including phenoxy) is 1. The zero-order chi connectivity index (χ0) is 13.7. The van der Waals surface area contributed by atoms with E-state index >= 15 is 0 Å². The normalized spacial score (nSPS) is 10.4. The molecule has 0 aliphatic rings. The van der Waals surface area contributed by atoms with E-state index in [1.165, 1.54) is 11.3 Å². The zero-order valence-corrected chi connectivity index (χ0v) is 11.5. The third kappa shape index (κ3) is 3.56. The molecule has 0 radical (unpaired) electrons. The van der Waals surface area contributed by atoms with Crippen molar-refractivity contribution in [2.24, 2.45) is 5.73 Å². The molecule has 19 heavy (non-hydrogen) atoms. The standard InChI is InChI=1S/C14H16N2O2S/c1-18-8-10-4-2-3-5-13(10)16-7-12-6-11(9-19-12)14(15)17/h2-6,9,16H,7-8H2,1H3,(H2,15,17). The van der Waals surface area contributed by atoms with Crippen LogP contribution in [0.1, 0.15) is 20.8 Å². The maximum absolute atomic E-state index is 11.0. The van der Waals surface area contributed by atoms with Crippen LogP contribution < -0.4 is 11.1 Å². The van der Waals surface area contributed by atoms with Crippen molar-refractivity contribution in [2.45, 2.75) is 13.2 Å². The molecule has 5 heteroatoms. The van der Waals surface area contributed by atoms with Crippen molar-refractivity contribution in [3.8, 4) is 0 Å². The lowest BCUT2D eigenvalue weighted by atomic mass is 10.2. The highest BCUT2D eigenvalue weighted by Crippen LogP contribution is 2.19. The molecule has 1 aromatic carbocycles. The average molecular weight is 276 g/mol. The van der Waals surface area contributed by atoms with Crippen molar-refractivity contribution < 1.29 is 9.53 Å². The summed E-state index contributed by atoms with van der Waals surface area (Å²) in [4.78, 5) is 12.1. The molecule has 1 amide bonds. The molecule has 0 atom stereocenters. The van der Waals surface area contributed by atoms with Gasteiger partial charge in [-0.3, -0.25) is 4.79 Å². The first kappa shape index (κ1) is 13.6. The van der Waals surface area contributed by atoms with E-state index in [-0.39, 0.29) is 5.91 Å². The summed E-state index contributed by atoms with van der Waals surface area (Å²) in [6.07, 6.45) is 0. The molecule has 0 spiro atoms. The number of rotatable bonds is 6. The quantitative estimate of drug-likeness (QED) is 0.852. The Hall–Kier alpha value is -1.85. The predicted molar refractivity (Wildman–Crippen MR) is 77.3 cm³/mol. The summed E-state index contributed by atoms with van der Waals surface area (Å²) in [5.41, 5.74) is 7.94. The van der Waals surface area contributed by atoms with Gasteiger partial charge in [-0.25, -0.2) is 0 Å². The topological polar surface area (TPSA) is 64.3 Å². The molecule has 0 bridgehead atoms. The van der Waals surface area contributed by atoms with Gasteiger partial charge in [-0.1, -0.05) is 18.2 Å². The first-order valence-corrected chi connectivity index (χ1v) is 6.76. The van der Waals surface area contributed by atoms with Crippen molar-refractivity contribution >= 4 is 22.9 Å². The summed E-state index contributed by atoms with van der Waals surface area (Å²) >= 11 is 1.52. The van der Waals surface area contributed by atoms with E-state index in [9.17, 15) is 4.79 Å². The molecular weight excluding hydrogens is 260 g/mol. The van der Waals surface area contributed by atoms with Gasteiger partial charge in [-0.05, 0) is 12.1 Å². The Bertz CT molecular complexity index is 566. The molecule has 1 heterocycles. The fourth-order valence-corrected chi connectivity index (χ4v) is 2.57. The number of nitrogens with two attached hydrogens (primary N) is 1. The molecule has 2 aromatic rings. The van der Waals surface area contributed by atoms with Gasteiger partial charge in [-0.15, -0.1) is 11.3 Å². The van der Waals surface area contributed by atoms with E-state index in [0.29, 0.717) is 18.7 Å². The van der Waals surface area contributed by atoms with Crippen LogP contribution in [0.15, 0.2) is 35.7 Å². The Morgan fingerprint density at radius 3 is 2.89 bits per heavy atom. The number of benzene rings is 1. The third-order valence-corrected chi connectivity index (χ3v) is 3.65. The van der Waals surface area contributed by atoms with Crippen LogP contribution in [0.5, 0.6) is 0 Å². The summed E-state index contributed by atoms with van der Waals surface area (Å²) in [5.74, 6) is -0.387. The number of hydrogen-bond acceptors (Lipinski definition) is 4. The molecule has 0 saturated heterocycles. The molecule has 0 fully saturated rings. The first-order valence-electron chi connectivity index (χ1n) is 5.88. The van der Waals surface area contributed by atoms with Crippen LogP contribution in [0.3, 0.4) is 0 Å². The van der Waals surface area contributed by atoms with Crippen LogP contribution in [0.2, 0.25) is 0 Å². The zero-order valence-electron chi connectivity index (χ0n) is 10.7. The van der Waals surface area contributed by atoms with Crippen molar-refractivity contribution in [3.05, 3.63) is 51.7 Å². The highest BCUT2D eigenvalue weighted by molar-refractivity contribution is 7.10. The van der Waals surface area contributed by atoms with E-state index in [1.807, 2.05) is 30.3 Å². The van der Waals surface area contributed by atoms with Crippen molar-refractivity contribution in [2.75, 3.05) is 12.4 Å². The lowest BCUT2D eigenvalue weighted by Gasteiger charge is -2.10. The van der Waals surface area contributed by atoms with Crippen LogP contribution in [-0.2, 0) is 17.9 Å². The van der Waals surface area contributed by atoms with Gasteiger partial charge in [0.1, 0.15) is 0 Å². The molecule has 0 saturated carbocycles. The summed E-state index contributed by atoms with van der Waals surface area (Å²) in [5, 5.41) is 5.12. The summed E-state index contributed by atoms with van der Waals surface area (Å²) in [7, 11) is 1.68. The molecule has 1 aromatic heterocycles. The van der Waals surface area contributed by atoms with Crippen molar-refractivity contribution in [1.29, 1.82) is 0 Å². The molecule has 0 unspecified atom stereocenters. The first-order chi connectivity index (χ1) is 9.20. The van der Waals surface area contributed by atoms with Gasteiger partial charge >= 0.3 is 0 Å². The van der Waals surface area contributed by atoms with Gasteiger partial charge in [0.25, 0.3) is 0 Å². The minimum absolute atomic E-state index is 0.387. The number of para-hydroxylation sites is 1. The molecule has 0 aliphatic carbocycles. The van der Waals surface area contributed by atoms with Gasteiger partial charge in [-0.2, -0.15) is 0 Å². The van der Waals surface area contributed by atoms with Gasteiger partial charge in [0.2, 0.25) is 5.91 Å². The number of carbonyl (C=O) groups excluding carboxylic acids is 1. The van der Waals surface area contributed by atoms with Gasteiger partial charge in [0, 0.05) is 35.2 Å². The number of thiophene rings is 1. The lowest BCUT2D eigenvalue weighted by molar-refractivity contribution is 0.100. The lowest BCUT2D eigenvalue weighted by Crippen LogP contribution is -2.09. The van der Waals surface area contributed by atoms with E-state index in [1.54, 1.807) is 12.5 Å². The van der Waals surface area contributed by atoms with E-state index < -0.39 is 0 Å². The largest absolute Gasteiger partial charge is 0.380 e. The van der Waals surface area contributed by atoms with E-state index in [4.69, 9.17) is 10.5 Å². The number of carbonyl (C=O) groups is 1. The number of methoxy groups -OCH3 is 1. The smallest absolute Gasteiger partial charge is 0.249 e. The van der Waals surface area contributed by atoms with Crippen molar-refractivity contribution in [3.63, 3.8) is 0 Å². The Labute approximate surface area is 116 Å². The molecule has 3 N–H and O–H groups in total. The van der Waals surface area contributed by atoms with Crippen LogP contribution >= 0.6 is 11.3 Å². The van der Waals surface area contributed by atoms with E-state index in [2.05, 4.69) is 5.32 Å². The fourth-order valence-electron chi connectivity index (χ4n) is 1.76. The van der Waals surface area contributed by atoms with Crippen LogP contribution in [0.25, 0.3) is 0 Å².